The number of carbonyl (C=O) groups excluding carboxylic acids is 3. The molecule has 0 unspecified atom stereocenters. The lowest BCUT2D eigenvalue weighted by Crippen LogP contribution is -2.52. The molecule has 0 saturated carbocycles. The van der Waals surface area contributed by atoms with Crippen LogP contribution in [-0.2, 0) is 19.0 Å². The molecule has 0 fully saturated rings. The third kappa shape index (κ3) is 11.8. The van der Waals surface area contributed by atoms with Gasteiger partial charge < -0.3 is 19.9 Å². The normalized spacial score (nSPS) is 13.7. The van der Waals surface area contributed by atoms with E-state index in [0.29, 0.717) is 23.7 Å². The minimum absolute atomic E-state index is 0.132. The molecule has 29 heavy (non-hydrogen) atoms. The van der Waals surface area contributed by atoms with Crippen molar-refractivity contribution in [1.82, 2.24) is 4.90 Å². The molecule has 0 aromatic rings. The van der Waals surface area contributed by atoms with Crippen molar-refractivity contribution in [1.29, 1.82) is 0 Å². The number of carbonyl (C=O) groups is 3. The van der Waals surface area contributed by atoms with Gasteiger partial charge >= 0.3 is 18.2 Å². The number of methoxy groups -OCH3 is 1. The lowest BCUT2D eigenvalue weighted by molar-refractivity contribution is -0.146. The summed E-state index contributed by atoms with van der Waals surface area (Å²) in [6.45, 7) is 12.0. The van der Waals surface area contributed by atoms with Crippen molar-refractivity contribution < 1.29 is 28.6 Å². The molecule has 0 bridgehead atoms. The Morgan fingerprint density at radius 2 is 1.48 bits per heavy atom. The summed E-state index contributed by atoms with van der Waals surface area (Å²) in [6.07, 6.45) is 2.12. The summed E-state index contributed by atoms with van der Waals surface area (Å²) in [6, 6.07) is -1.20. The molecule has 9 nitrogen and oxygen atoms in total. The number of allylic oxidation sites excluding steroid dienone is 1. The van der Waals surface area contributed by atoms with E-state index in [4.69, 9.17) is 19.9 Å². The van der Waals surface area contributed by atoms with Gasteiger partial charge in [-0.2, -0.15) is 4.90 Å². The van der Waals surface area contributed by atoms with Crippen molar-refractivity contribution in [3.8, 4) is 0 Å². The van der Waals surface area contributed by atoms with E-state index in [2.05, 4.69) is 4.99 Å². The molecule has 0 aromatic heterocycles. The van der Waals surface area contributed by atoms with Gasteiger partial charge in [0.1, 0.15) is 17.2 Å². The first kappa shape index (κ1) is 26.4. The van der Waals surface area contributed by atoms with Gasteiger partial charge in [-0.05, 0) is 61.3 Å². The topological polar surface area (TPSA) is 121 Å². The molecule has 0 rings (SSSR count). The Bertz CT molecular complexity index is 597. The van der Waals surface area contributed by atoms with Crippen LogP contribution in [0.5, 0.6) is 0 Å². The van der Waals surface area contributed by atoms with Crippen molar-refractivity contribution in [2.24, 2.45) is 10.7 Å². The van der Waals surface area contributed by atoms with E-state index in [9.17, 15) is 14.4 Å². The van der Waals surface area contributed by atoms with E-state index in [1.165, 1.54) is 7.11 Å². The van der Waals surface area contributed by atoms with Crippen LogP contribution in [0, 0.1) is 0 Å². The highest BCUT2D eigenvalue weighted by Crippen LogP contribution is 2.20. The molecule has 166 valence electrons. The largest absolute Gasteiger partial charge is 0.467 e. The van der Waals surface area contributed by atoms with E-state index in [0.717, 1.165) is 0 Å². The number of ether oxygens (including phenoxy) is 3. The Kier molecular flexibility index (Phi) is 10.4. The quantitative estimate of drug-likeness (QED) is 0.223. The molecule has 0 aromatic carbocycles. The van der Waals surface area contributed by atoms with Crippen molar-refractivity contribution >= 4 is 24.0 Å². The molecule has 0 aliphatic carbocycles. The SMILES string of the molecule is COC(=O)[C@H](CC/C=C/CN=C(C)N)N(C(=O)OC(C)(C)C)C(=O)OC(C)(C)C. The number of nitrogens with two attached hydrogens (primary N) is 1. The van der Waals surface area contributed by atoms with E-state index in [1.807, 2.05) is 0 Å². The molecule has 0 aliphatic rings. The number of hydrogen-bond donors (Lipinski definition) is 1. The maximum atomic E-state index is 12.7. The van der Waals surface area contributed by atoms with Gasteiger partial charge in [0.15, 0.2) is 0 Å². The fourth-order valence-corrected chi connectivity index (χ4v) is 2.08. The minimum atomic E-state index is -1.20. The Morgan fingerprint density at radius 3 is 1.86 bits per heavy atom. The number of hydrogen-bond acceptors (Lipinski definition) is 7. The first-order chi connectivity index (χ1) is 13.2. The van der Waals surface area contributed by atoms with Gasteiger partial charge in [-0.1, -0.05) is 12.2 Å². The molecule has 0 spiro atoms. The van der Waals surface area contributed by atoms with Gasteiger partial charge in [-0.15, -0.1) is 0 Å². The molecule has 2 amide bonds. The number of aliphatic imine (C=N–C) groups is 1. The fraction of sp³-hybridized carbons (Fsp3) is 0.700. The Hall–Kier alpha value is -2.58. The number of amides is 2. The van der Waals surface area contributed by atoms with Gasteiger partial charge in [0.2, 0.25) is 0 Å². The number of imide groups is 1. The van der Waals surface area contributed by atoms with Crippen molar-refractivity contribution in [2.75, 3.05) is 13.7 Å². The number of esters is 1. The lowest BCUT2D eigenvalue weighted by atomic mass is 10.1. The van der Waals surface area contributed by atoms with Crippen LogP contribution in [0.3, 0.4) is 0 Å². The smallest absolute Gasteiger partial charge is 0.420 e. The second-order valence-electron chi connectivity index (χ2n) is 8.40. The Labute approximate surface area is 173 Å². The molecule has 0 heterocycles. The van der Waals surface area contributed by atoms with E-state index < -0.39 is 35.4 Å². The van der Waals surface area contributed by atoms with E-state index >= 15 is 0 Å². The maximum absolute atomic E-state index is 12.7. The van der Waals surface area contributed by atoms with E-state index in [-0.39, 0.29) is 6.42 Å². The molecular formula is C20H35N3O6. The molecule has 9 heteroatoms. The summed E-state index contributed by atoms with van der Waals surface area (Å²) in [5, 5.41) is 0. The van der Waals surface area contributed by atoms with Crippen molar-refractivity contribution in [3.63, 3.8) is 0 Å². The average Bonchev–Trinajstić information content (AvgIpc) is 2.52. The Morgan fingerprint density at radius 1 is 1.00 bits per heavy atom. The average molecular weight is 414 g/mol. The molecule has 0 aliphatic heterocycles. The summed E-state index contributed by atoms with van der Waals surface area (Å²) < 4.78 is 15.4. The van der Waals surface area contributed by atoms with Crippen LogP contribution in [-0.4, -0.2) is 59.8 Å². The van der Waals surface area contributed by atoms with Crippen LogP contribution < -0.4 is 5.73 Å². The predicted octanol–water partition coefficient (Wildman–Crippen LogP) is 3.41. The summed E-state index contributed by atoms with van der Waals surface area (Å²) in [5.41, 5.74) is 3.74. The summed E-state index contributed by atoms with van der Waals surface area (Å²) in [4.78, 5) is 42.5. The van der Waals surface area contributed by atoms with Crippen LogP contribution in [0.4, 0.5) is 9.59 Å². The third-order valence-electron chi connectivity index (χ3n) is 3.18. The highest BCUT2D eigenvalue weighted by molar-refractivity contribution is 5.94. The van der Waals surface area contributed by atoms with Crippen LogP contribution in [0.1, 0.15) is 61.3 Å². The maximum Gasteiger partial charge on any atom is 0.420 e. The first-order valence-electron chi connectivity index (χ1n) is 9.42. The van der Waals surface area contributed by atoms with Gasteiger partial charge in [0.05, 0.1) is 19.5 Å². The second kappa shape index (κ2) is 11.4. The standard InChI is InChI=1S/C20H35N3O6/c1-14(21)22-13-11-9-10-12-15(16(24)27-8)23(17(25)28-19(2,3)4)18(26)29-20(5,6)7/h9,11,15H,10,12-13H2,1-8H3,(H2,21,22)/b11-9+/t15-/m0/s1. The van der Waals surface area contributed by atoms with Crippen LogP contribution in [0.2, 0.25) is 0 Å². The van der Waals surface area contributed by atoms with Gasteiger partial charge in [-0.3, -0.25) is 4.99 Å². The lowest BCUT2D eigenvalue weighted by Gasteiger charge is -2.32. The van der Waals surface area contributed by atoms with Crippen LogP contribution >= 0.6 is 0 Å². The zero-order chi connectivity index (χ0) is 22.8. The third-order valence-corrected chi connectivity index (χ3v) is 3.18. The monoisotopic (exact) mass is 413 g/mol. The zero-order valence-electron chi connectivity index (χ0n) is 18.8. The second-order valence-corrected chi connectivity index (χ2v) is 8.40. The van der Waals surface area contributed by atoms with Crippen molar-refractivity contribution in [3.05, 3.63) is 12.2 Å². The fourth-order valence-electron chi connectivity index (χ4n) is 2.08. The molecular weight excluding hydrogens is 378 g/mol. The highest BCUT2D eigenvalue weighted by Gasteiger charge is 2.40. The Balaban J connectivity index is 5.60. The predicted molar refractivity (Wildman–Crippen MR) is 111 cm³/mol. The molecule has 2 N–H and O–H groups in total. The van der Waals surface area contributed by atoms with Gasteiger partial charge in [0, 0.05) is 0 Å². The molecule has 0 saturated heterocycles. The summed E-state index contributed by atoms with van der Waals surface area (Å²) >= 11 is 0. The number of amidine groups is 1. The van der Waals surface area contributed by atoms with Crippen LogP contribution in [0.25, 0.3) is 0 Å². The number of rotatable bonds is 7. The minimum Gasteiger partial charge on any atom is -0.467 e. The summed E-state index contributed by atoms with van der Waals surface area (Å²) in [7, 11) is 1.19. The zero-order valence-corrected chi connectivity index (χ0v) is 18.8. The number of nitrogens with zero attached hydrogens (tertiary/aromatic N) is 2. The van der Waals surface area contributed by atoms with Gasteiger partial charge in [-0.25, -0.2) is 14.4 Å². The van der Waals surface area contributed by atoms with Gasteiger partial charge in [0.25, 0.3) is 0 Å². The molecule has 0 radical (unpaired) electrons. The van der Waals surface area contributed by atoms with Crippen LogP contribution in [0.15, 0.2) is 17.1 Å². The molecule has 1 atom stereocenters. The van der Waals surface area contributed by atoms with Crippen molar-refractivity contribution in [2.45, 2.75) is 78.6 Å². The first-order valence-corrected chi connectivity index (χ1v) is 9.42. The highest BCUT2D eigenvalue weighted by atomic mass is 16.6. The van der Waals surface area contributed by atoms with E-state index in [1.54, 1.807) is 60.6 Å². The summed E-state index contributed by atoms with van der Waals surface area (Å²) in [5.74, 6) is -0.283.